The summed E-state index contributed by atoms with van der Waals surface area (Å²) >= 11 is 0. The Morgan fingerprint density at radius 2 is 2.39 bits per heavy atom. The molecule has 0 amide bonds. The maximum absolute atomic E-state index is 13.1. The number of rotatable bonds is 2. The summed E-state index contributed by atoms with van der Waals surface area (Å²) in [6.45, 7) is 2.70. The molecule has 0 spiro atoms. The summed E-state index contributed by atoms with van der Waals surface area (Å²) in [6, 6.07) is 1.69. The number of nitrogens with two attached hydrogens (primary N) is 1. The third-order valence-corrected chi connectivity index (χ3v) is 3.93. The fraction of sp³-hybridized carbons (Fsp3) is 0.615. The maximum atomic E-state index is 13.1. The first-order valence-corrected chi connectivity index (χ1v) is 6.46. The Kier molecular flexibility index (Phi) is 3.28. The van der Waals surface area contributed by atoms with E-state index in [1.165, 1.54) is 25.1 Å². The van der Waals surface area contributed by atoms with Gasteiger partial charge in [0.25, 0.3) is 0 Å². The van der Waals surface area contributed by atoms with Crippen LogP contribution in [0.1, 0.15) is 24.4 Å². The van der Waals surface area contributed by atoms with Crippen LogP contribution in [0.3, 0.4) is 0 Å². The van der Waals surface area contributed by atoms with E-state index < -0.39 is 0 Å². The van der Waals surface area contributed by atoms with Crippen molar-refractivity contribution < 1.29 is 9.13 Å². The number of nitrogens with zero attached hydrogens (tertiary/aromatic N) is 2. The van der Waals surface area contributed by atoms with E-state index in [2.05, 4.69) is 9.88 Å². The lowest BCUT2D eigenvalue weighted by Crippen LogP contribution is -2.49. The Hall–Kier alpha value is -1.04. The van der Waals surface area contributed by atoms with E-state index in [0.29, 0.717) is 11.6 Å². The molecule has 2 fully saturated rings. The van der Waals surface area contributed by atoms with Crippen LogP contribution in [0.4, 0.5) is 4.39 Å². The van der Waals surface area contributed by atoms with Crippen molar-refractivity contribution in [3.8, 4) is 0 Å². The molecule has 2 N–H and O–H groups in total. The molecule has 0 aromatic carbocycles. The minimum absolute atomic E-state index is 0.0667. The molecule has 0 saturated carbocycles. The van der Waals surface area contributed by atoms with E-state index >= 15 is 0 Å². The lowest BCUT2D eigenvalue weighted by atomic mass is 10.0. The number of ether oxygens (including phenoxy) is 1. The van der Waals surface area contributed by atoms with Crippen molar-refractivity contribution >= 4 is 0 Å². The van der Waals surface area contributed by atoms with E-state index in [1.807, 2.05) is 0 Å². The first kappa shape index (κ1) is 12.0. The van der Waals surface area contributed by atoms with Gasteiger partial charge in [-0.2, -0.15) is 0 Å². The van der Waals surface area contributed by atoms with Gasteiger partial charge in [-0.1, -0.05) is 0 Å². The molecule has 0 radical (unpaired) electrons. The first-order chi connectivity index (χ1) is 8.74. The van der Waals surface area contributed by atoms with Gasteiger partial charge in [0.1, 0.15) is 5.82 Å². The van der Waals surface area contributed by atoms with E-state index in [4.69, 9.17) is 10.5 Å². The van der Waals surface area contributed by atoms with Crippen molar-refractivity contribution in [3.05, 3.63) is 29.8 Å². The predicted octanol–water partition coefficient (Wildman–Crippen LogP) is 1.08. The van der Waals surface area contributed by atoms with Gasteiger partial charge in [0.05, 0.1) is 24.9 Å². The fourth-order valence-corrected chi connectivity index (χ4v) is 2.89. The van der Waals surface area contributed by atoms with Crippen molar-refractivity contribution in [1.29, 1.82) is 0 Å². The second kappa shape index (κ2) is 4.91. The molecule has 18 heavy (non-hydrogen) atoms. The van der Waals surface area contributed by atoms with Crippen LogP contribution in [-0.4, -0.2) is 41.7 Å². The molecule has 3 unspecified atom stereocenters. The van der Waals surface area contributed by atoms with Gasteiger partial charge in [0, 0.05) is 18.8 Å². The molecule has 3 rings (SSSR count). The summed E-state index contributed by atoms with van der Waals surface area (Å²) < 4.78 is 19.0. The maximum Gasteiger partial charge on any atom is 0.141 e. The molecule has 2 saturated heterocycles. The van der Waals surface area contributed by atoms with Crippen LogP contribution in [0.15, 0.2) is 18.5 Å². The topological polar surface area (TPSA) is 51.4 Å². The summed E-state index contributed by atoms with van der Waals surface area (Å²) in [6.07, 6.45) is 5.19. The second-order valence-corrected chi connectivity index (χ2v) is 5.13. The van der Waals surface area contributed by atoms with Crippen molar-refractivity contribution in [2.75, 3.05) is 19.7 Å². The quantitative estimate of drug-likeness (QED) is 0.854. The molecule has 2 aliphatic rings. The summed E-state index contributed by atoms with van der Waals surface area (Å²) in [5.41, 5.74) is 6.87. The van der Waals surface area contributed by atoms with Gasteiger partial charge in [-0.15, -0.1) is 0 Å². The number of halogens is 1. The van der Waals surface area contributed by atoms with Gasteiger partial charge in [0.2, 0.25) is 0 Å². The van der Waals surface area contributed by atoms with Gasteiger partial charge >= 0.3 is 0 Å². The normalized spacial score (nSPS) is 30.1. The Morgan fingerprint density at radius 1 is 1.50 bits per heavy atom. The Bertz CT molecular complexity index is 428. The Labute approximate surface area is 106 Å². The highest BCUT2D eigenvalue weighted by Gasteiger charge is 2.35. The summed E-state index contributed by atoms with van der Waals surface area (Å²) in [4.78, 5) is 6.27. The van der Waals surface area contributed by atoms with Gasteiger partial charge in [-0.25, -0.2) is 4.39 Å². The molecule has 3 atom stereocenters. The van der Waals surface area contributed by atoms with Crippen LogP contribution in [0, 0.1) is 5.82 Å². The molecular formula is C13H18FN3O. The number of hydrogen-bond acceptors (Lipinski definition) is 4. The minimum atomic E-state index is -0.349. The molecule has 3 heterocycles. The Balaban J connectivity index is 1.71. The molecule has 0 aliphatic carbocycles. The highest BCUT2D eigenvalue weighted by Crippen LogP contribution is 2.27. The van der Waals surface area contributed by atoms with E-state index in [9.17, 15) is 4.39 Å². The number of aromatic nitrogens is 1. The predicted molar refractivity (Wildman–Crippen MR) is 65.5 cm³/mol. The van der Waals surface area contributed by atoms with E-state index in [-0.39, 0.29) is 18.0 Å². The average molecular weight is 251 g/mol. The fourth-order valence-electron chi connectivity index (χ4n) is 2.89. The molecule has 2 aliphatic heterocycles. The number of hydrogen-bond donors (Lipinski definition) is 1. The number of fused-ring (bicyclic) bond motifs is 1. The van der Waals surface area contributed by atoms with Gasteiger partial charge in [-0.05, 0) is 31.0 Å². The highest BCUT2D eigenvalue weighted by atomic mass is 19.1. The summed E-state index contributed by atoms with van der Waals surface area (Å²) in [5.74, 6) is -0.349. The average Bonchev–Trinajstić information content (AvgIpc) is 2.85. The number of pyridine rings is 1. The Morgan fingerprint density at radius 3 is 3.22 bits per heavy atom. The summed E-state index contributed by atoms with van der Waals surface area (Å²) in [7, 11) is 0. The molecule has 5 heteroatoms. The molecule has 0 bridgehead atoms. The zero-order chi connectivity index (χ0) is 12.5. The zero-order valence-electron chi connectivity index (χ0n) is 10.3. The molecule has 1 aromatic rings. The van der Waals surface area contributed by atoms with Gasteiger partial charge < -0.3 is 10.5 Å². The van der Waals surface area contributed by atoms with Crippen LogP contribution >= 0.6 is 0 Å². The molecule has 98 valence electrons. The second-order valence-electron chi connectivity index (χ2n) is 5.13. The van der Waals surface area contributed by atoms with Crippen LogP contribution < -0.4 is 5.73 Å². The monoisotopic (exact) mass is 251 g/mol. The van der Waals surface area contributed by atoms with Crippen LogP contribution in [0.5, 0.6) is 0 Å². The molecule has 1 aromatic heterocycles. The van der Waals surface area contributed by atoms with E-state index in [1.54, 1.807) is 6.20 Å². The minimum Gasteiger partial charge on any atom is -0.373 e. The third kappa shape index (κ3) is 2.25. The van der Waals surface area contributed by atoms with Gasteiger partial charge in [-0.3, -0.25) is 9.88 Å². The third-order valence-electron chi connectivity index (χ3n) is 3.93. The van der Waals surface area contributed by atoms with Crippen molar-refractivity contribution in [1.82, 2.24) is 9.88 Å². The standard InChI is InChI=1S/C13H18FN3O/c14-10-4-9(5-16-6-10)13(15)12-7-17-3-1-2-11(17)8-18-12/h4-6,11-13H,1-3,7-8,15H2. The van der Waals surface area contributed by atoms with Crippen LogP contribution in [-0.2, 0) is 4.74 Å². The number of morpholine rings is 1. The van der Waals surface area contributed by atoms with Crippen molar-refractivity contribution in [3.63, 3.8) is 0 Å². The van der Waals surface area contributed by atoms with Crippen LogP contribution in [0.2, 0.25) is 0 Å². The lowest BCUT2D eigenvalue weighted by Gasteiger charge is -2.37. The van der Waals surface area contributed by atoms with Crippen molar-refractivity contribution in [2.45, 2.75) is 31.0 Å². The highest BCUT2D eigenvalue weighted by molar-refractivity contribution is 5.16. The SMILES string of the molecule is NC(c1cncc(F)c1)C1CN2CCCC2CO1. The lowest BCUT2D eigenvalue weighted by molar-refractivity contribution is -0.0597. The molecular weight excluding hydrogens is 233 g/mol. The van der Waals surface area contributed by atoms with Crippen molar-refractivity contribution in [2.24, 2.45) is 5.73 Å². The smallest absolute Gasteiger partial charge is 0.141 e. The van der Waals surface area contributed by atoms with Gasteiger partial charge in [0.15, 0.2) is 0 Å². The summed E-state index contributed by atoms with van der Waals surface area (Å²) in [5, 5.41) is 0. The van der Waals surface area contributed by atoms with Crippen LogP contribution in [0.25, 0.3) is 0 Å². The largest absolute Gasteiger partial charge is 0.373 e. The van der Waals surface area contributed by atoms with E-state index in [0.717, 1.165) is 19.7 Å². The zero-order valence-corrected chi connectivity index (χ0v) is 10.3. The molecule has 4 nitrogen and oxygen atoms in total. The first-order valence-electron chi connectivity index (χ1n) is 6.46.